The van der Waals surface area contributed by atoms with E-state index in [2.05, 4.69) is 52.1 Å². The second kappa shape index (κ2) is 4.81. The van der Waals surface area contributed by atoms with Crippen LogP contribution in [-0.2, 0) is 0 Å². The summed E-state index contributed by atoms with van der Waals surface area (Å²) in [6.07, 6.45) is 0. The summed E-state index contributed by atoms with van der Waals surface area (Å²) in [4.78, 5) is 5.58. The molecule has 1 aromatic carbocycles. The van der Waals surface area contributed by atoms with Crippen molar-refractivity contribution in [3.05, 3.63) is 52.6 Å². The first-order chi connectivity index (χ1) is 7.24. The van der Waals surface area contributed by atoms with Crippen molar-refractivity contribution >= 4 is 27.7 Å². The van der Waals surface area contributed by atoms with Crippen molar-refractivity contribution in [2.45, 2.75) is 16.8 Å². The zero-order valence-electron chi connectivity index (χ0n) is 8.27. The number of hydrogen-bond acceptors (Lipinski definition) is 2. The molecule has 15 heavy (non-hydrogen) atoms. The third-order valence-electron chi connectivity index (χ3n) is 1.93. The predicted molar refractivity (Wildman–Crippen MR) is 67.2 cm³/mol. The van der Waals surface area contributed by atoms with Crippen LogP contribution in [0, 0.1) is 6.92 Å². The summed E-state index contributed by atoms with van der Waals surface area (Å²) in [6.45, 7) is 2.09. The normalized spacial score (nSPS) is 10.3. The minimum Gasteiger partial charge on any atom is -0.234 e. The van der Waals surface area contributed by atoms with Crippen LogP contribution in [-0.4, -0.2) is 4.98 Å². The van der Waals surface area contributed by atoms with Crippen molar-refractivity contribution in [2.75, 3.05) is 0 Å². The van der Waals surface area contributed by atoms with Crippen molar-refractivity contribution in [3.63, 3.8) is 0 Å². The molecule has 0 N–H and O–H groups in total. The third-order valence-corrected chi connectivity index (χ3v) is 3.32. The van der Waals surface area contributed by atoms with E-state index in [1.807, 2.05) is 18.2 Å². The highest BCUT2D eigenvalue weighted by Crippen LogP contribution is 2.26. The van der Waals surface area contributed by atoms with Gasteiger partial charge in [-0.1, -0.05) is 35.5 Å². The van der Waals surface area contributed by atoms with Crippen LogP contribution in [0.1, 0.15) is 5.56 Å². The van der Waals surface area contributed by atoms with Gasteiger partial charge in [-0.3, -0.25) is 0 Å². The number of rotatable bonds is 2. The van der Waals surface area contributed by atoms with Gasteiger partial charge >= 0.3 is 0 Å². The molecule has 0 spiro atoms. The molecule has 3 heteroatoms. The molecule has 0 aliphatic rings. The second-order valence-corrected chi connectivity index (χ2v) is 5.12. The molecule has 0 fully saturated rings. The first kappa shape index (κ1) is 10.7. The van der Waals surface area contributed by atoms with Crippen molar-refractivity contribution in [1.82, 2.24) is 4.98 Å². The number of aromatic nitrogens is 1. The molecule has 76 valence electrons. The highest BCUT2D eigenvalue weighted by Gasteiger charge is 1.98. The fourth-order valence-electron chi connectivity index (χ4n) is 1.17. The SMILES string of the molecule is Cc1ccc(Sc2cccc(Br)n2)cc1. The van der Waals surface area contributed by atoms with Gasteiger partial charge in [0.05, 0.1) is 0 Å². The Hall–Kier alpha value is -0.800. The van der Waals surface area contributed by atoms with E-state index >= 15 is 0 Å². The van der Waals surface area contributed by atoms with Gasteiger partial charge in [0.15, 0.2) is 0 Å². The van der Waals surface area contributed by atoms with Crippen molar-refractivity contribution < 1.29 is 0 Å². The number of aryl methyl sites for hydroxylation is 1. The van der Waals surface area contributed by atoms with E-state index in [-0.39, 0.29) is 0 Å². The third kappa shape index (κ3) is 3.08. The summed E-state index contributed by atoms with van der Waals surface area (Å²) in [5.74, 6) is 0. The molecule has 0 amide bonds. The lowest BCUT2D eigenvalue weighted by atomic mass is 10.2. The minimum absolute atomic E-state index is 0.875. The highest BCUT2D eigenvalue weighted by atomic mass is 79.9. The van der Waals surface area contributed by atoms with Gasteiger partial charge in [-0.2, -0.15) is 0 Å². The number of hydrogen-bond donors (Lipinski definition) is 0. The maximum Gasteiger partial charge on any atom is 0.107 e. The molecule has 0 radical (unpaired) electrons. The molecule has 0 aliphatic heterocycles. The van der Waals surface area contributed by atoms with Gasteiger partial charge in [-0.15, -0.1) is 0 Å². The van der Waals surface area contributed by atoms with Gasteiger partial charge in [0.1, 0.15) is 9.63 Å². The Morgan fingerprint density at radius 3 is 2.47 bits per heavy atom. The molecule has 2 rings (SSSR count). The first-order valence-electron chi connectivity index (χ1n) is 4.61. The Morgan fingerprint density at radius 1 is 1.07 bits per heavy atom. The van der Waals surface area contributed by atoms with Crippen LogP contribution in [0.4, 0.5) is 0 Å². The van der Waals surface area contributed by atoms with Crippen LogP contribution in [0.2, 0.25) is 0 Å². The summed E-state index contributed by atoms with van der Waals surface area (Å²) >= 11 is 5.03. The fraction of sp³-hybridized carbons (Fsp3) is 0.0833. The maximum absolute atomic E-state index is 4.37. The Labute approximate surface area is 102 Å². The summed E-state index contributed by atoms with van der Waals surface area (Å²) in [7, 11) is 0. The summed E-state index contributed by atoms with van der Waals surface area (Å²) in [6, 6.07) is 14.4. The van der Waals surface area contributed by atoms with Crippen molar-refractivity contribution in [1.29, 1.82) is 0 Å². The van der Waals surface area contributed by atoms with E-state index in [4.69, 9.17) is 0 Å². The molecular formula is C12H10BrNS. The Balaban J connectivity index is 2.18. The summed E-state index contributed by atoms with van der Waals surface area (Å²) < 4.78 is 0.875. The zero-order valence-corrected chi connectivity index (χ0v) is 10.7. The van der Waals surface area contributed by atoms with E-state index in [9.17, 15) is 0 Å². The molecular weight excluding hydrogens is 270 g/mol. The lowest BCUT2D eigenvalue weighted by Crippen LogP contribution is -1.80. The number of benzene rings is 1. The summed E-state index contributed by atoms with van der Waals surface area (Å²) in [5.41, 5.74) is 1.28. The van der Waals surface area contributed by atoms with E-state index in [1.54, 1.807) is 11.8 Å². The van der Waals surface area contributed by atoms with Crippen LogP contribution in [0.5, 0.6) is 0 Å². The second-order valence-electron chi connectivity index (χ2n) is 3.21. The van der Waals surface area contributed by atoms with E-state index < -0.39 is 0 Å². The highest BCUT2D eigenvalue weighted by molar-refractivity contribution is 9.10. The molecule has 0 atom stereocenters. The molecule has 0 unspecified atom stereocenters. The maximum atomic E-state index is 4.37. The van der Waals surface area contributed by atoms with Gasteiger partial charge < -0.3 is 0 Å². The van der Waals surface area contributed by atoms with Crippen LogP contribution >= 0.6 is 27.7 Å². The molecule has 1 aromatic heterocycles. The van der Waals surface area contributed by atoms with Crippen LogP contribution in [0.3, 0.4) is 0 Å². The average molecular weight is 280 g/mol. The lowest BCUT2D eigenvalue weighted by Gasteiger charge is -2.01. The zero-order chi connectivity index (χ0) is 10.7. The lowest BCUT2D eigenvalue weighted by molar-refractivity contribution is 1.10. The number of pyridine rings is 1. The van der Waals surface area contributed by atoms with Crippen LogP contribution in [0.15, 0.2) is 57.0 Å². The largest absolute Gasteiger partial charge is 0.234 e. The predicted octanol–water partition coefficient (Wildman–Crippen LogP) is 4.30. The molecule has 0 saturated carbocycles. The Morgan fingerprint density at radius 2 is 1.80 bits per heavy atom. The van der Waals surface area contributed by atoms with Crippen molar-refractivity contribution in [2.24, 2.45) is 0 Å². The van der Waals surface area contributed by atoms with Gasteiger partial charge in [0.25, 0.3) is 0 Å². The molecule has 0 aliphatic carbocycles. The van der Waals surface area contributed by atoms with Gasteiger partial charge in [0.2, 0.25) is 0 Å². The first-order valence-corrected chi connectivity index (χ1v) is 6.22. The fourth-order valence-corrected chi connectivity index (χ4v) is 2.44. The minimum atomic E-state index is 0.875. The van der Waals surface area contributed by atoms with E-state index in [0.29, 0.717) is 0 Å². The molecule has 1 nitrogen and oxygen atoms in total. The van der Waals surface area contributed by atoms with Crippen LogP contribution < -0.4 is 0 Å². The molecule has 0 bridgehead atoms. The van der Waals surface area contributed by atoms with Crippen molar-refractivity contribution in [3.8, 4) is 0 Å². The van der Waals surface area contributed by atoms with Gasteiger partial charge in [-0.05, 0) is 47.1 Å². The summed E-state index contributed by atoms with van der Waals surface area (Å²) in [5, 5.41) is 1.01. The molecule has 0 saturated heterocycles. The topological polar surface area (TPSA) is 12.9 Å². The van der Waals surface area contributed by atoms with E-state index in [0.717, 1.165) is 9.63 Å². The smallest absolute Gasteiger partial charge is 0.107 e. The quantitative estimate of drug-likeness (QED) is 0.760. The Bertz CT molecular complexity index is 453. The van der Waals surface area contributed by atoms with Gasteiger partial charge in [-0.25, -0.2) is 4.98 Å². The average Bonchev–Trinajstić information content (AvgIpc) is 2.22. The molecule has 1 heterocycles. The Kier molecular flexibility index (Phi) is 3.44. The number of halogens is 1. The van der Waals surface area contributed by atoms with Gasteiger partial charge in [0, 0.05) is 4.90 Å². The molecule has 2 aromatic rings. The van der Waals surface area contributed by atoms with E-state index in [1.165, 1.54) is 10.5 Å². The standard InChI is InChI=1S/C12H10BrNS/c1-9-5-7-10(8-6-9)15-12-4-2-3-11(13)14-12/h2-8H,1H3. The monoisotopic (exact) mass is 279 g/mol. The van der Waals surface area contributed by atoms with Crippen LogP contribution in [0.25, 0.3) is 0 Å². The number of nitrogens with zero attached hydrogens (tertiary/aromatic N) is 1.